The third-order valence-corrected chi connectivity index (χ3v) is 8.20. The molecule has 0 aromatic carbocycles. The zero-order chi connectivity index (χ0) is 16.4. The summed E-state index contributed by atoms with van der Waals surface area (Å²) in [5.41, 5.74) is 0. The highest BCUT2D eigenvalue weighted by Crippen LogP contribution is 2.28. The maximum Gasteiger partial charge on any atom is 0.252 e. The van der Waals surface area contributed by atoms with Crippen LogP contribution in [0.15, 0.2) is 16.3 Å². The molecule has 7 heteroatoms. The molecule has 1 saturated carbocycles. The quantitative estimate of drug-likeness (QED) is 0.901. The highest BCUT2D eigenvalue weighted by atomic mass is 32.2. The normalized spacial score (nSPS) is 21.6. The Hall–Kier alpha value is -0.920. The van der Waals surface area contributed by atoms with Crippen LogP contribution in [0.5, 0.6) is 0 Å². The van der Waals surface area contributed by atoms with Gasteiger partial charge in [0.2, 0.25) is 5.91 Å². The molecule has 0 radical (unpaired) electrons. The van der Waals surface area contributed by atoms with Crippen LogP contribution in [0.25, 0.3) is 0 Å². The lowest BCUT2D eigenvalue weighted by molar-refractivity contribution is -0.126. The first-order valence-electron chi connectivity index (χ1n) is 8.34. The number of carbonyl (C=O) groups is 1. The fourth-order valence-corrected chi connectivity index (χ4v) is 6.33. The second kappa shape index (κ2) is 6.91. The monoisotopic (exact) mass is 356 g/mol. The maximum absolute atomic E-state index is 12.6. The number of piperidine rings is 1. The number of nitrogens with one attached hydrogen (secondary N) is 1. The van der Waals surface area contributed by atoms with Gasteiger partial charge in [-0.2, -0.15) is 4.31 Å². The van der Waals surface area contributed by atoms with Crippen molar-refractivity contribution in [2.24, 2.45) is 5.92 Å². The van der Waals surface area contributed by atoms with Gasteiger partial charge in [-0.3, -0.25) is 4.79 Å². The SMILES string of the molecule is Cc1ccc(S(=O)(=O)N2CCC(C(=O)NC3CCCC3)CC2)s1. The minimum Gasteiger partial charge on any atom is -0.353 e. The first kappa shape index (κ1) is 16.9. The van der Waals surface area contributed by atoms with E-state index in [1.807, 2.05) is 13.0 Å². The molecule has 5 nitrogen and oxygen atoms in total. The third-order valence-electron chi connectivity index (χ3n) is 4.84. The Bertz CT molecular complexity index is 655. The summed E-state index contributed by atoms with van der Waals surface area (Å²) < 4.78 is 27.1. The lowest BCUT2D eigenvalue weighted by atomic mass is 9.97. The Morgan fingerprint density at radius 3 is 2.39 bits per heavy atom. The van der Waals surface area contributed by atoms with Crippen LogP contribution in [0.2, 0.25) is 0 Å². The number of hydrogen-bond acceptors (Lipinski definition) is 4. The van der Waals surface area contributed by atoms with E-state index in [-0.39, 0.29) is 11.8 Å². The molecule has 3 rings (SSSR count). The summed E-state index contributed by atoms with van der Waals surface area (Å²) in [4.78, 5) is 13.3. The van der Waals surface area contributed by atoms with Gasteiger partial charge >= 0.3 is 0 Å². The Labute approximate surface area is 142 Å². The van der Waals surface area contributed by atoms with Crippen LogP contribution in [0, 0.1) is 12.8 Å². The third kappa shape index (κ3) is 3.78. The van der Waals surface area contributed by atoms with Crippen LogP contribution < -0.4 is 5.32 Å². The largest absolute Gasteiger partial charge is 0.353 e. The topological polar surface area (TPSA) is 66.5 Å². The number of sulfonamides is 1. The van der Waals surface area contributed by atoms with Gasteiger partial charge in [0.15, 0.2) is 0 Å². The van der Waals surface area contributed by atoms with Gasteiger partial charge in [-0.15, -0.1) is 11.3 Å². The number of rotatable bonds is 4. The summed E-state index contributed by atoms with van der Waals surface area (Å²) in [5.74, 6) is 0.0630. The van der Waals surface area contributed by atoms with E-state index in [9.17, 15) is 13.2 Å². The van der Waals surface area contributed by atoms with Crippen molar-refractivity contribution in [1.82, 2.24) is 9.62 Å². The molecule has 1 amide bonds. The number of thiophene rings is 1. The standard InChI is InChI=1S/C16H24N2O3S2/c1-12-6-7-15(22-12)23(20,21)18-10-8-13(9-11-18)16(19)17-14-4-2-3-5-14/h6-7,13-14H,2-5,8-11H2,1H3,(H,17,19). The van der Waals surface area contributed by atoms with Gasteiger partial charge in [0.25, 0.3) is 10.0 Å². The first-order valence-corrected chi connectivity index (χ1v) is 10.6. The van der Waals surface area contributed by atoms with Crippen molar-refractivity contribution in [2.75, 3.05) is 13.1 Å². The van der Waals surface area contributed by atoms with Crippen molar-refractivity contribution in [2.45, 2.75) is 55.7 Å². The van der Waals surface area contributed by atoms with Gasteiger partial charge in [-0.05, 0) is 44.7 Å². The van der Waals surface area contributed by atoms with Crippen LogP contribution >= 0.6 is 11.3 Å². The van der Waals surface area contributed by atoms with Gasteiger partial charge in [0.05, 0.1) is 0 Å². The number of nitrogens with zero attached hydrogens (tertiary/aromatic N) is 1. The molecule has 1 N–H and O–H groups in total. The summed E-state index contributed by atoms with van der Waals surface area (Å²) in [6.45, 7) is 2.77. The van der Waals surface area contributed by atoms with Gasteiger partial charge in [-0.1, -0.05) is 12.8 Å². The smallest absolute Gasteiger partial charge is 0.252 e. The molecule has 1 aromatic heterocycles. The molecule has 128 valence electrons. The second-order valence-electron chi connectivity index (χ2n) is 6.53. The van der Waals surface area contributed by atoms with Crippen molar-refractivity contribution in [3.05, 3.63) is 17.0 Å². The Morgan fingerprint density at radius 2 is 1.83 bits per heavy atom. The Morgan fingerprint density at radius 1 is 1.17 bits per heavy atom. The van der Waals surface area contributed by atoms with Crippen molar-refractivity contribution in [3.63, 3.8) is 0 Å². The van der Waals surface area contributed by atoms with Crippen LogP contribution in [-0.2, 0) is 14.8 Å². The molecule has 1 aliphatic heterocycles. The number of aryl methyl sites for hydroxylation is 1. The van der Waals surface area contributed by atoms with Crippen molar-refractivity contribution >= 4 is 27.3 Å². The van der Waals surface area contributed by atoms with Crippen LogP contribution in [0.1, 0.15) is 43.4 Å². The highest BCUT2D eigenvalue weighted by molar-refractivity contribution is 7.91. The average molecular weight is 357 g/mol. The van der Waals surface area contributed by atoms with E-state index in [4.69, 9.17) is 0 Å². The predicted octanol–water partition coefficient (Wildman–Crippen LogP) is 2.52. The van der Waals surface area contributed by atoms with E-state index >= 15 is 0 Å². The predicted molar refractivity (Wildman–Crippen MR) is 90.9 cm³/mol. The molecule has 2 heterocycles. The highest BCUT2D eigenvalue weighted by Gasteiger charge is 2.33. The summed E-state index contributed by atoms with van der Waals surface area (Å²) in [6, 6.07) is 3.84. The number of carbonyl (C=O) groups excluding carboxylic acids is 1. The Kier molecular flexibility index (Phi) is 5.08. The molecule has 1 aliphatic carbocycles. The van der Waals surface area contributed by atoms with E-state index in [2.05, 4.69) is 5.32 Å². The van der Waals surface area contributed by atoms with Crippen LogP contribution in [0.3, 0.4) is 0 Å². The van der Waals surface area contributed by atoms with Gasteiger partial charge in [0.1, 0.15) is 4.21 Å². The van der Waals surface area contributed by atoms with E-state index in [0.717, 1.165) is 17.7 Å². The van der Waals surface area contributed by atoms with Crippen molar-refractivity contribution < 1.29 is 13.2 Å². The molecule has 0 spiro atoms. The molecule has 1 saturated heterocycles. The molecular formula is C16H24N2O3S2. The number of amides is 1. The average Bonchev–Trinajstić information content (AvgIpc) is 3.19. The Balaban J connectivity index is 1.56. The minimum absolute atomic E-state index is 0.0490. The molecule has 1 aromatic rings. The van der Waals surface area contributed by atoms with Gasteiger partial charge in [0, 0.05) is 29.9 Å². The molecule has 0 bridgehead atoms. The van der Waals surface area contributed by atoms with Gasteiger partial charge < -0.3 is 5.32 Å². The minimum atomic E-state index is -3.39. The molecule has 0 atom stereocenters. The van der Waals surface area contributed by atoms with Crippen LogP contribution in [-0.4, -0.2) is 37.8 Å². The summed E-state index contributed by atoms with van der Waals surface area (Å²) >= 11 is 1.31. The lowest BCUT2D eigenvalue weighted by Crippen LogP contribution is -2.44. The van der Waals surface area contributed by atoms with E-state index in [0.29, 0.717) is 36.2 Å². The van der Waals surface area contributed by atoms with E-state index in [1.54, 1.807) is 6.07 Å². The van der Waals surface area contributed by atoms with E-state index < -0.39 is 10.0 Å². The second-order valence-corrected chi connectivity index (χ2v) is 9.99. The van der Waals surface area contributed by atoms with Crippen LogP contribution in [0.4, 0.5) is 0 Å². The zero-order valence-electron chi connectivity index (χ0n) is 13.5. The molecular weight excluding hydrogens is 332 g/mol. The van der Waals surface area contributed by atoms with E-state index in [1.165, 1.54) is 28.5 Å². The fourth-order valence-electron chi connectivity index (χ4n) is 3.43. The zero-order valence-corrected chi connectivity index (χ0v) is 15.1. The molecule has 2 fully saturated rings. The van der Waals surface area contributed by atoms with Gasteiger partial charge in [-0.25, -0.2) is 8.42 Å². The maximum atomic E-state index is 12.6. The summed E-state index contributed by atoms with van der Waals surface area (Å²) in [5, 5.41) is 3.13. The molecule has 23 heavy (non-hydrogen) atoms. The van der Waals surface area contributed by atoms with Crippen molar-refractivity contribution in [3.8, 4) is 0 Å². The molecule has 0 unspecified atom stereocenters. The summed E-state index contributed by atoms with van der Waals surface area (Å²) in [6.07, 6.45) is 5.78. The first-order chi connectivity index (χ1) is 11.0. The lowest BCUT2D eigenvalue weighted by Gasteiger charge is -2.30. The number of hydrogen-bond donors (Lipinski definition) is 1. The summed E-state index contributed by atoms with van der Waals surface area (Å²) in [7, 11) is -3.39. The molecule has 2 aliphatic rings. The van der Waals surface area contributed by atoms with Crippen molar-refractivity contribution in [1.29, 1.82) is 0 Å². The fraction of sp³-hybridized carbons (Fsp3) is 0.688.